The Balaban J connectivity index is 1.67. The summed E-state index contributed by atoms with van der Waals surface area (Å²) in [5.41, 5.74) is 1.13. The van der Waals surface area contributed by atoms with Gasteiger partial charge < -0.3 is 14.8 Å². The van der Waals surface area contributed by atoms with E-state index in [1.807, 2.05) is 0 Å². The van der Waals surface area contributed by atoms with Gasteiger partial charge in [-0.1, -0.05) is 18.0 Å². The van der Waals surface area contributed by atoms with Crippen molar-refractivity contribution >= 4 is 28.5 Å². The van der Waals surface area contributed by atoms with E-state index in [-0.39, 0.29) is 17.9 Å². The van der Waals surface area contributed by atoms with E-state index in [2.05, 4.69) is 5.32 Å². The average molecular weight is 308 g/mol. The van der Waals surface area contributed by atoms with Crippen molar-refractivity contribution in [2.45, 2.75) is 25.7 Å². The van der Waals surface area contributed by atoms with Gasteiger partial charge in [0.05, 0.1) is 16.8 Å². The van der Waals surface area contributed by atoms with Gasteiger partial charge in [0.1, 0.15) is 0 Å². The Labute approximate surface area is 128 Å². The number of carbonyl (C=O) groups is 1. The van der Waals surface area contributed by atoms with E-state index >= 15 is 0 Å². The summed E-state index contributed by atoms with van der Waals surface area (Å²) in [5.74, 6) is -0.134. The van der Waals surface area contributed by atoms with Crippen LogP contribution in [0.2, 0.25) is 5.02 Å². The molecule has 112 valence electrons. The molecule has 0 unspecified atom stereocenters. The van der Waals surface area contributed by atoms with Crippen LogP contribution in [0.25, 0.3) is 11.0 Å². The third-order valence-electron chi connectivity index (χ3n) is 4.50. The van der Waals surface area contributed by atoms with Crippen LogP contribution >= 0.6 is 11.6 Å². The van der Waals surface area contributed by atoms with Gasteiger partial charge in [-0.05, 0) is 42.9 Å². The van der Waals surface area contributed by atoms with E-state index in [1.165, 1.54) is 12.7 Å². The summed E-state index contributed by atoms with van der Waals surface area (Å²) in [6.45, 7) is 0.775. The first-order valence-corrected chi connectivity index (χ1v) is 7.58. The minimum Gasteiger partial charge on any atom is -0.463 e. The van der Waals surface area contributed by atoms with Crippen molar-refractivity contribution in [3.05, 3.63) is 35.0 Å². The Bertz CT molecular complexity index is 655. The summed E-state index contributed by atoms with van der Waals surface area (Å²) in [5, 5.41) is 13.6. The molecule has 1 aromatic heterocycles. The lowest BCUT2D eigenvalue weighted by Gasteiger charge is -2.40. The minimum atomic E-state index is -0.134. The predicted octanol–water partition coefficient (Wildman–Crippen LogP) is 3.37. The van der Waals surface area contributed by atoms with Crippen molar-refractivity contribution in [3.8, 4) is 0 Å². The first-order valence-electron chi connectivity index (χ1n) is 7.20. The SMILES string of the molecule is O=C(NCCC1(CO)CCC1)c1ccc(Cl)c2occc12. The number of halogens is 1. The smallest absolute Gasteiger partial charge is 0.252 e. The maximum absolute atomic E-state index is 12.3. The third-order valence-corrected chi connectivity index (χ3v) is 4.80. The molecule has 1 saturated carbocycles. The van der Waals surface area contributed by atoms with Gasteiger partial charge in [0, 0.05) is 18.5 Å². The number of carbonyl (C=O) groups excluding carboxylic acids is 1. The quantitative estimate of drug-likeness (QED) is 0.890. The Morgan fingerprint density at radius 3 is 2.86 bits per heavy atom. The molecule has 0 atom stereocenters. The van der Waals surface area contributed by atoms with Crippen molar-refractivity contribution in [1.29, 1.82) is 0 Å². The number of aliphatic hydroxyl groups excluding tert-OH is 1. The number of furan rings is 1. The summed E-state index contributed by atoms with van der Waals surface area (Å²) in [6, 6.07) is 5.13. The molecule has 1 heterocycles. The lowest BCUT2D eigenvalue weighted by molar-refractivity contribution is 0.0361. The van der Waals surface area contributed by atoms with E-state index in [0.717, 1.165) is 24.6 Å². The molecule has 1 fully saturated rings. The van der Waals surface area contributed by atoms with Crippen LogP contribution in [-0.4, -0.2) is 24.2 Å². The summed E-state index contributed by atoms with van der Waals surface area (Å²) < 4.78 is 5.30. The number of rotatable bonds is 5. The molecule has 0 spiro atoms. The molecule has 0 radical (unpaired) electrons. The molecule has 1 amide bonds. The molecule has 21 heavy (non-hydrogen) atoms. The van der Waals surface area contributed by atoms with Crippen LogP contribution in [0, 0.1) is 5.41 Å². The monoisotopic (exact) mass is 307 g/mol. The highest BCUT2D eigenvalue weighted by molar-refractivity contribution is 6.35. The zero-order chi connectivity index (χ0) is 14.9. The normalized spacial score (nSPS) is 16.7. The maximum Gasteiger partial charge on any atom is 0.252 e. The van der Waals surface area contributed by atoms with Crippen LogP contribution in [-0.2, 0) is 0 Å². The molecule has 0 aliphatic heterocycles. The second kappa shape index (κ2) is 5.70. The summed E-state index contributed by atoms with van der Waals surface area (Å²) >= 11 is 6.03. The fraction of sp³-hybridized carbons (Fsp3) is 0.438. The number of fused-ring (bicyclic) bond motifs is 1. The van der Waals surface area contributed by atoms with Gasteiger partial charge in [-0.3, -0.25) is 4.79 Å². The Kier molecular flexibility index (Phi) is 3.91. The van der Waals surface area contributed by atoms with Crippen molar-refractivity contribution in [2.24, 2.45) is 5.41 Å². The van der Waals surface area contributed by atoms with Crippen LogP contribution in [0.4, 0.5) is 0 Å². The van der Waals surface area contributed by atoms with Gasteiger partial charge in [0.2, 0.25) is 0 Å². The molecular formula is C16H18ClNO3. The molecule has 5 heteroatoms. The second-order valence-corrected chi connectivity index (χ2v) is 6.18. The topological polar surface area (TPSA) is 62.5 Å². The lowest BCUT2D eigenvalue weighted by Crippen LogP contribution is -2.37. The van der Waals surface area contributed by atoms with Crippen molar-refractivity contribution in [1.82, 2.24) is 5.32 Å². The van der Waals surface area contributed by atoms with Crippen LogP contribution < -0.4 is 5.32 Å². The first kappa shape index (κ1) is 14.4. The van der Waals surface area contributed by atoms with Crippen LogP contribution in [0.1, 0.15) is 36.0 Å². The largest absolute Gasteiger partial charge is 0.463 e. The van der Waals surface area contributed by atoms with E-state index in [4.69, 9.17) is 16.0 Å². The van der Waals surface area contributed by atoms with Gasteiger partial charge in [0.15, 0.2) is 5.58 Å². The number of aliphatic hydroxyl groups is 1. The summed E-state index contributed by atoms with van der Waals surface area (Å²) in [7, 11) is 0. The predicted molar refractivity (Wildman–Crippen MR) is 81.5 cm³/mol. The summed E-state index contributed by atoms with van der Waals surface area (Å²) in [4.78, 5) is 12.3. The first-order chi connectivity index (χ1) is 10.2. The second-order valence-electron chi connectivity index (χ2n) is 5.78. The number of hydrogen-bond acceptors (Lipinski definition) is 3. The number of amides is 1. The molecule has 0 saturated heterocycles. The molecule has 3 rings (SSSR count). The zero-order valence-electron chi connectivity index (χ0n) is 11.7. The number of hydrogen-bond donors (Lipinski definition) is 2. The van der Waals surface area contributed by atoms with Gasteiger partial charge in [0.25, 0.3) is 5.91 Å². The molecule has 4 nitrogen and oxygen atoms in total. The number of nitrogens with one attached hydrogen (secondary N) is 1. The van der Waals surface area contributed by atoms with Gasteiger partial charge in [-0.25, -0.2) is 0 Å². The van der Waals surface area contributed by atoms with Crippen molar-refractivity contribution in [3.63, 3.8) is 0 Å². The minimum absolute atomic E-state index is 0.0260. The standard InChI is InChI=1S/C16H18ClNO3/c17-13-3-2-12(11-4-9-21-14(11)13)15(20)18-8-7-16(10-19)5-1-6-16/h2-4,9,19H,1,5-8,10H2,(H,18,20). The third kappa shape index (κ3) is 2.65. The molecule has 1 aliphatic rings. The van der Waals surface area contributed by atoms with Crippen molar-refractivity contribution < 1.29 is 14.3 Å². The Morgan fingerprint density at radius 2 is 2.19 bits per heavy atom. The molecule has 0 bridgehead atoms. The highest BCUT2D eigenvalue weighted by Crippen LogP contribution is 2.43. The van der Waals surface area contributed by atoms with Gasteiger partial charge in [-0.2, -0.15) is 0 Å². The Hall–Kier alpha value is -1.52. The maximum atomic E-state index is 12.3. The molecule has 1 aliphatic carbocycles. The zero-order valence-corrected chi connectivity index (χ0v) is 12.4. The molecule has 2 N–H and O–H groups in total. The van der Waals surface area contributed by atoms with E-state index in [0.29, 0.717) is 22.7 Å². The Morgan fingerprint density at radius 1 is 1.38 bits per heavy atom. The molecular weight excluding hydrogens is 290 g/mol. The highest BCUT2D eigenvalue weighted by atomic mass is 35.5. The lowest BCUT2D eigenvalue weighted by atomic mass is 9.67. The van der Waals surface area contributed by atoms with E-state index < -0.39 is 0 Å². The van der Waals surface area contributed by atoms with Crippen LogP contribution in [0.3, 0.4) is 0 Å². The fourth-order valence-electron chi connectivity index (χ4n) is 2.93. The molecule has 1 aromatic carbocycles. The van der Waals surface area contributed by atoms with Gasteiger partial charge >= 0.3 is 0 Å². The van der Waals surface area contributed by atoms with Crippen LogP contribution in [0.15, 0.2) is 28.9 Å². The van der Waals surface area contributed by atoms with Crippen LogP contribution in [0.5, 0.6) is 0 Å². The molecule has 2 aromatic rings. The fourth-order valence-corrected chi connectivity index (χ4v) is 3.14. The average Bonchev–Trinajstić information content (AvgIpc) is 2.92. The number of benzene rings is 1. The van der Waals surface area contributed by atoms with E-state index in [1.54, 1.807) is 18.2 Å². The van der Waals surface area contributed by atoms with Gasteiger partial charge in [-0.15, -0.1) is 0 Å². The highest BCUT2D eigenvalue weighted by Gasteiger charge is 2.35. The summed E-state index contributed by atoms with van der Waals surface area (Å²) in [6.07, 6.45) is 5.61. The van der Waals surface area contributed by atoms with E-state index in [9.17, 15) is 9.90 Å². The van der Waals surface area contributed by atoms with Crippen molar-refractivity contribution in [2.75, 3.05) is 13.2 Å².